The quantitative estimate of drug-likeness (QED) is 0.583. The second-order valence-electron chi connectivity index (χ2n) is 3.20. The van der Waals surface area contributed by atoms with Crippen molar-refractivity contribution in [3.63, 3.8) is 0 Å². The minimum Gasteiger partial charge on any atom is -0.378 e. The van der Waals surface area contributed by atoms with E-state index < -0.39 is 0 Å². The van der Waals surface area contributed by atoms with Gasteiger partial charge in [-0.1, -0.05) is 19.9 Å². The van der Waals surface area contributed by atoms with Crippen LogP contribution in [-0.2, 0) is 0 Å². The van der Waals surface area contributed by atoms with Crippen molar-refractivity contribution in [3.05, 3.63) is 11.8 Å². The summed E-state index contributed by atoms with van der Waals surface area (Å²) < 4.78 is 0. The Morgan fingerprint density at radius 1 is 1.50 bits per heavy atom. The monoisotopic (exact) mass is 141 g/mol. The lowest BCUT2D eigenvalue weighted by Crippen LogP contribution is -2.20. The predicted octanol–water partition coefficient (Wildman–Crippen LogP) is 2.50. The summed E-state index contributed by atoms with van der Waals surface area (Å²) >= 11 is 0. The molecule has 0 aliphatic heterocycles. The Labute approximate surface area is 64.7 Å². The maximum Gasteiger partial charge on any atom is 0.0194 e. The molecule has 10 heavy (non-hydrogen) atoms. The van der Waals surface area contributed by atoms with Gasteiger partial charge in [-0.2, -0.15) is 0 Å². The van der Waals surface area contributed by atoms with Crippen LogP contribution >= 0.6 is 0 Å². The summed E-state index contributed by atoms with van der Waals surface area (Å²) in [6.07, 6.45) is 2.14. The molecule has 0 aliphatic carbocycles. The maximum absolute atomic E-state index is 2.28. The molecule has 0 rings (SSSR count). The number of allylic oxidation sites excluding steroid dienone is 2. The highest BCUT2D eigenvalue weighted by Crippen LogP contribution is 2.03. The Hall–Kier alpha value is -0.460. The van der Waals surface area contributed by atoms with Gasteiger partial charge in [0.15, 0.2) is 0 Å². The lowest BCUT2D eigenvalue weighted by molar-refractivity contribution is 0.362. The molecular formula is C9H19N. The van der Waals surface area contributed by atoms with Gasteiger partial charge in [-0.25, -0.2) is 0 Å². The Morgan fingerprint density at radius 2 is 2.00 bits per heavy atom. The number of hydrogen-bond acceptors (Lipinski definition) is 1. The Morgan fingerprint density at radius 3 is 2.30 bits per heavy atom. The van der Waals surface area contributed by atoms with E-state index in [1.54, 1.807) is 0 Å². The molecule has 0 amide bonds. The molecule has 0 N–H and O–H groups in total. The number of rotatable bonds is 3. The molecule has 0 bridgehead atoms. The molecule has 0 saturated carbocycles. The third kappa shape index (κ3) is 3.54. The summed E-state index contributed by atoms with van der Waals surface area (Å²) in [7, 11) is 2.13. The van der Waals surface area contributed by atoms with Crippen molar-refractivity contribution in [2.24, 2.45) is 5.92 Å². The van der Waals surface area contributed by atoms with Crippen LogP contribution in [0.1, 0.15) is 27.7 Å². The zero-order valence-corrected chi connectivity index (χ0v) is 7.81. The highest BCUT2D eigenvalue weighted by molar-refractivity contribution is 4.93. The molecule has 0 heterocycles. The number of nitrogens with zero attached hydrogens (tertiary/aromatic N) is 1. The average molecular weight is 141 g/mol. The van der Waals surface area contributed by atoms with E-state index in [1.165, 1.54) is 5.70 Å². The first-order valence-electron chi connectivity index (χ1n) is 3.92. The lowest BCUT2D eigenvalue weighted by atomic mass is 10.2. The topological polar surface area (TPSA) is 3.24 Å². The van der Waals surface area contributed by atoms with E-state index in [9.17, 15) is 0 Å². The zero-order chi connectivity index (χ0) is 8.15. The van der Waals surface area contributed by atoms with Crippen molar-refractivity contribution in [2.45, 2.75) is 27.7 Å². The SMILES string of the molecule is C/C=C(/C)N(C)CC(C)C. The summed E-state index contributed by atoms with van der Waals surface area (Å²) in [4.78, 5) is 2.28. The highest BCUT2D eigenvalue weighted by atomic mass is 15.1. The van der Waals surface area contributed by atoms with Crippen LogP contribution in [0.25, 0.3) is 0 Å². The van der Waals surface area contributed by atoms with Crippen LogP contribution in [-0.4, -0.2) is 18.5 Å². The van der Waals surface area contributed by atoms with E-state index in [4.69, 9.17) is 0 Å². The van der Waals surface area contributed by atoms with E-state index in [1.807, 2.05) is 0 Å². The van der Waals surface area contributed by atoms with Crippen LogP contribution in [0.3, 0.4) is 0 Å². The summed E-state index contributed by atoms with van der Waals surface area (Å²) in [6.45, 7) is 9.84. The Balaban J connectivity index is 3.73. The van der Waals surface area contributed by atoms with Gasteiger partial charge in [0.2, 0.25) is 0 Å². The maximum atomic E-state index is 2.28. The van der Waals surface area contributed by atoms with Crippen molar-refractivity contribution < 1.29 is 0 Å². The first-order chi connectivity index (χ1) is 4.57. The molecule has 0 atom stereocenters. The molecule has 60 valence electrons. The van der Waals surface area contributed by atoms with Gasteiger partial charge >= 0.3 is 0 Å². The van der Waals surface area contributed by atoms with Crippen LogP contribution in [0.5, 0.6) is 0 Å². The van der Waals surface area contributed by atoms with Crippen LogP contribution in [0.15, 0.2) is 11.8 Å². The largest absolute Gasteiger partial charge is 0.378 e. The van der Waals surface area contributed by atoms with Gasteiger partial charge in [-0.3, -0.25) is 0 Å². The Bertz CT molecular complexity index is 114. The smallest absolute Gasteiger partial charge is 0.0194 e. The molecule has 0 unspecified atom stereocenters. The van der Waals surface area contributed by atoms with Gasteiger partial charge in [0, 0.05) is 19.3 Å². The van der Waals surface area contributed by atoms with Crippen molar-refractivity contribution in [1.29, 1.82) is 0 Å². The fourth-order valence-electron chi connectivity index (χ4n) is 0.912. The van der Waals surface area contributed by atoms with E-state index in [-0.39, 0.29) is 0 Å². The first kappa shape index (κ1) is 9.54. The summed E-state index contributed by atoms with van der Waals surface area (Å²) in [5.41, 5.74) is 1.36. The summed E-state index contributed by atoms with van der Waals surface area (Å²) in [5.74, 6) is 0.750. The molecule has 1 heteroatoms. The van der Waals surface area contributed by atoms with Crippen molar-refractivity contribution in [1.82, 2.24) is 4.90 Å². The van der Waals surface area contributed by atoms with E-state index in [0.29, 0.717) is 0 Å². The van der Waals surface area contributed by atoms with Crippen LogP contribution in [0.2, 0.25) is 0 Å². The highest BCUT2D eigenvalue weighted by Gasteiger charge is 1.99. The van der Waals surface area contributed by atoms with Crippen molar-refractivity contribution in [2.75, 3.05) is 13.6 Å². The fourth-order valence-corrected chi connectivity index (χ4v) is 0.912. The molecular weight excluding hydrogens is 122 g/mol. The first-order valence-corrected chi connectivity index (χ1v) is 3.92. The molecule has 0 saturated heterocycles. The third-order valence-electron chi connectivity index (χ3n) is 1.66. The summed E-state index contributed by atoms with van der Waals surface area (Å²) in [6, 6.07) is 0. The average Bonchev–Trinajstić information content (AvgIpc) is 1.85. The van der Waals surface area contributed by atoms with Crippen LogP contribution < -0.4 is 0 Å². The van der Waals surface area contributed by atoms with Gasteiger partial charge in [-0.15, -0.1) is 0 Å². The standard InChI is InChI=1S/C9H19N/c1-6-9(4)10(5)7-8(2)3/h6,8H,7H2,1-5H3/b9-6-. The lowest BCUT2D eigenvalue weighted by Gasteiger charge is -2.21. The Kier molecular flexibility index (Phi) is 4.17. The second-order valence-corrected chi connectivity index (χ2v) is 3.20. The third-order valence-corrected chi connectivity index (χ3v) is 1.66. The molecule has 0 aromatic carbocycles. The van der Waals surface area contributed by atoms with Gasteiger partial charge in [0.25, 0.3) is 0 Å². The van der Waals surface area contributed by atoms with E-state index in [2.05, 4.69) is 45.7 Å². The van der Waals surface area contributed by atoms with Crippen LogP contribution in [0.4, 0.5) is 0 Å². The van der Waals surface area contributed by atoms with Gasteiger partial charge < -0.3 is 4.90 Å². The fraction of sp³-hybridized carbons (Fsp3) is 0.778. The number of hydrogen-bond donors (Lipinski definition) is 0. The minimum atomic E-state index is 0.750. The molecule has 0 aromatic heterocycles. The predicted molar refractivity (Wildman–Crippen MR) is 46.9 cm³/mol. The minimum absolute atomic E-state index is 0.750. The van der Waals surface area contributed by atoms with Crippen molar-refractivity contribution in [3.8, 4) is 0 Å². The second kappa shape index (κ2) is 4.37. The van der Waals surface area contributed by atoms with Crippen LogP contribution in [0, 0.1) is 5.92 Å². The molecule has 0 aliphatic rings. The van der Waals surface area contributed by atoms with E-state index >= 15 is 0 Å². The molecule has 0 spiro atoms. The van der Waals surface area contributed by atoms with Crippen molar-refractivity contribution >= 4 is 0 Å². The normalized spacial score (nSPS) is 12.4. The van der Waals surface area contributed by atoms with Gasteiger partial charge in [0.05, 0.1) is 0 Å². The summed E-state index contributed by atoms with van der Waals surface area (Å²) in [5, 5.41) is 0. The molecule has 0 radical (unpaired) electrons. The van der Waals surface area contributed by atoms with Gasteiger partial charge in [-0.05, 0) is 19.8 Å². The molecule has 0 fully saturated rings. The zero-order valence-electron chi connectivity index (χ0n) is 7.81. The molecule has 0 aromatic rings. The van der Waals surface area contributed by atoms with Gasteiger partial charge in [0.1, 0.15) is 0 Å². The molecule has 1 nitrogen and oxygen atoms in total. The van der Waals surface area contributed by atoms with E-state index in [0.717, 1.165) is 12.5 Å².